The number of aromatic nitrogens is 2. The fraction of sp³-hybridized carbons (Fsp3) is 0.500. The molecule has 0 atom stereocenters. The van der Waals surface area contributed by atoms with Crippen LogP contribution in [-0.2, 0) is 18.3 Å². The third-order valence-corrected chi connectivity index (χ3v) is 4.15. The maximum absolute atomic E-state index is 5.91. The summed E-state index contributed by atoms with van der Waals surface area (Å²) < 4.78 is 5.45. The van der Waals surface area contributed by atoms with Crippen LogP contribution in [0, 0.1) is 0 Å². The second kappa shape index (κ2) is 6.66. The van der Waals surface area contributed by atoms with Crippen LogP contribution in [0.1, 0.15) is 44.0 Å². The fourth-order valence-corrected chi connectivity index (χ4v) is 2.40. The molecule has 1 heterocycles. The third-order valence-electron chi connectivity index (χ3n) is 4.15. The van der Waals surface area contributed by atoms with Gasteiger partial charge in [-0.15, -0.1) is 0 Å². The first-order chi connectivity index (χ1) is 9.74. The molecular formula is C16H23N3O. The molecule has 0 saturated heterocycles. The number of aryl methyl sites for hydroxylation is 2. The topological polar surface area (TPSA) is 64.9 Å². The van der Waals surface area contributed by atoms with Gasteiger partial charge in [0.05, 0.1) is 5.41 Å². The molecule has 0 aliphatic carbocycles. The van der Waals surface area contributed by atoms with Gasteiger partial charge < -0.3 is 10.3 Å². The summed E-state index contributed by atoms with van der Waals surface area (Å²) in [5.41, 5.74) is 7.03. The van der Waals surface area contributed by atoms with Crippen LogP contribution >= 0.6 is 0 Å². The van der Waals surface area contributed by atoms with Crippen LogP contribution < -0.4 is 5.73 Å². The smallest absolute Gasteiger partial charge is 0.234 e. The molecule has 108 valence electrons. The molecule has 0 saturated carbocycles. The summed E-state index contributed by atoms with van der Waals surface area (Å²) in [5, 5.41) is 4.10. The lowest BCUT2D eigenvalue weighted by Crippen LogP contribution is -2.34. The number of benzene rings is 1. The summed E-state index contributed by atoms with van der Waals surface area (Å²) >= 11 is 0. The molecule has 0 bridgehead atoms. The van der Waals surface area contributed by atoms with E-state index >= 15 is 0 Å². The normalized spacial score (nSPS) is 11.8. The van der Waals surface area contributed by atoms with E-state index in [9.17, 15) is 0 Å². The highest BCUT2D eigenvalue weighted by molar-refractivity contribution is 5.15. The van der Waals surface area contributed by atoms with E-state index in [-0.39, 0.29) is 5.41 Å². The molecule has 0 aliphatic heterocycles. The van der Waals surface area contributed by atoms with Gasteiger partial charge in [-0.2, -0.15) is 4.98 Å². The number of hydrogen-bond donors (Lipinski definition) is 1. The molecule has 4 nitrogen and oxygen atoms in total. The Morgan fingerprint density at radius 1 is 1.10 bits per heavy atom. The number of hydrogen-bond acceptors (Lipinski definition) is 4. The summed E-state index contributed by atoms with van der Waals surface area (Å²) in [4.78, 5) is 4.55. The first kappa shape index (κ1) is 14.7. The average molecular weight is 273 g/mol. The lowest BCUT2D eigenvalue weighted by atomic mass is 9.82. The fourth-order valence-electron chi connectivity index (χ4n) is 2.40. The SMILES string of the molecule is CCC(CC)(CN)c1nc(CCc2ccccc2)no1. The molecule has 1 aromatic carbocycles. The zero-order valence-corrected chi connectivity index (χ0v) is 12.3. The number of rotatable bonds is 7. The summed E-state index contributed by atoms with van der Waals surface area (Å²) in [6, 6.07) is 10.3. The zero-order valence-electron chi connectivity index (χ0n) is 12.3. The van der Waals surface area contributed by atoms with E-state index in [1.165, 1.54) is 5.56 Å². The van der Waals surface area contributed by atoms with E-state index in [0.29, 0.717) is 12.4 Å². The van der Waals surface area contributed by atoms with Crippen molar-refractivity contribution < 1.29 is 4.52 Å². The molecule has 4 heteroatoms. The molecule has 1 aromatic heterocycles. The summed E-state index contributed by atoms with van der Waals surface area (Å²) in [6.07, 6.45) is 3.55. The van der Waals surface area contributed by atoms with Crippen LogP contribution in [0.3, 0.4) is 0 Å². The summed E-state index contributed by atoms with van der Waals surface area (Å²) in [7, 11) is 0. The van der Waals surface area contributed by atoms with Crippen molar-refractivity contribution in [2.45, 2.75) is 44.9 Å². The molecular weight excluding hydrogens is 250 g/mol. The van der Waals surface area contributed by atoms with Gasteiger partial charge in [0.2, 0.25) is 5.89 Å². The Balaban J connectivity index is 2.05. The lowest BCUT2D eigenvalue weighted by Gasteiger charge is -2.24. The van der Waals surface area contributed by atoms with Crippen LogP contribution in [0.5, 0.6) is 0 Å². The van der Waals surface area contributed by atoms with E-state index in [0.717, 1.165) is 31.5 Å². The van der Waals surface area contributed by atoms with Crippen LogP contribution in [0.2, 0.25) is 0 Å². The van der Waals surface area contributed by atoms with Crippen molar-refractivity contribution in [3.05, 3.63) is 47.6 Å². The highest BCUT2D eigenvalue weighted by atomic mass is 16.5. The predicted molar refractivity (Wildman–Crippen MR) is 79.5 cm³/mol. The summed E-state index contributed by atoms with van der Waals surface area (Å²) in [6.45, 7) is 4.77. The molecule has 2 rings (SSSR count). The van der Waals surface area contributed by atoms with E-state index < -0.39 is 0 Å². The average Bonchev–Trinajstić information content (AvgIpc) is 2.98. The lowest BCUT2D eigenvalue weighted by molar-refractivity contribution is 0.266. The Kier molecular flexibility index (Phi) is 4.90. The van der Waals surface area contributed by atoms with E-state index in [1.54, 1.807) is 0 Å². The van der Waals surface area contributed by atoms with Gasteiger partial charge >= 0.3 is 0 Å². The molecule has 0 unspecified atom stereocenters. The molecule has 0 fully saturated rings. The van der Waals surface area contributed by atoms with Gasteiger partial charge in [-0.05, 0) is 24.8 Å². The van der Waals surface area contributed by atoms with Crippen LogP contribution in [0.15, 0.2) is 34.9 Å². The Morgan fingerprint density at radius 2 is 1.80 bits per heavy atom. The monoisotopic (exact) mass is 273 g/mol. The Hall–Kier alpha value is -1.68. The first-order valence-corrected chi connectivity index (χ1v) is 7.31. The molecule has 20 heavy (non-hydrogen) atoms. The molecule has 2 N–H and O–H groups in total. The number of nitrogens with zero attached hydrogens (tertiary/aromatic N) is 2. The van der Waals surface area contributed by atoms with Gasteiger partial charge in [0.1, 0.15) is 0 Å². The van der Waals surface area contributed by atoms with E-state index in [4.69, 9.17) is 10.3 Å². The van der Waals surface area contributed by atoms with Crippen molar-refractivity contribution in [2.75, 3.05) is 6.54 Å². The van der Waals surface area contributed by atoms with Crippen LogP contribution in [0.25, 0.3) is 0 Å². The van der Waals surface area contributed by atoms with Crippen molar-refractivity contribution in [3.63, 3.8) is 0 Å². The van der Waals surface area contributed by atoms with Crippen molar-refractivity contribution in [3.8, 4) is 0 Å². The van der Waals surface area contributed by atoms with Crippen molar-refractivity contribution in [2.24, 2.45) is 5.73 Å². The van der Waals surface area contributed by atoms with Gasteiger partial charge in [-0.1, -0.05) is 49.3 Å². The Bertz CT molecular complexity index is 509. The Morgan fingerprint density at radius 3 is 2.40 bits per heavy atom. The maximum atomic E-state index is 5.91. The molecule has 0 spiro atoms. The summed E-state index contributed by atoms with van der Waals surface area (Å²) in [5.74, 6) is 1.46. The molecule has 0 amide bonds. The highest BCUT2D eigenvalue weighted by Gasteiger charge is 2.33. The largest absolute Gasteiger partial charge is 0.339 e. The van der Waals surface area contributed by atoms with Gasteiger partial charge in [-0.25, -0.2) is 0 Å². The zero-order chi connectivity index (χ0) is 14.4. The van der Waals surface area contributed by atoms with Crippen LogP contribution in [-0.4, -0.2) is 16.7 Å². The molecule has 0 radical (unpaired) electrons. The quantitative estimate of drug-likeness (QED) is 0.842. The second-order valence-corrected chi connectivity index (χ2v) is 5.19. The van der Waals surface area contributed by atoms with Gasteiger partial charge in [-0.3, -0.25) is 0 Å². The number of nitrogens with two attached hydrogens (primary N) is 1. The first-order valence-electron chi connectivity index (χ1n) is 7.31. The highest BCUT2D eigenvalue weighted by Crippen LogP contribution is 2.29. The maximum Gasteiger partial charge on any atom is 0.234 e. The third kappa shape index (κ3) is 3.07. The van der Waals surface area contributed by atoms with E-state index in [2.05, 4.69) is 36.1 Å². The van der Waals surface area contributed by atoms with E-state index in [1.807, 2.05) is 18.2 Å². The molecule has 0 aliphatic rings. The standard InChI is InChI=1S/C16H23N3O/c1-3-16(4-2,12-17)15-18-14(19-20-15)11-10-13-8-6-5-7-9-13/h5-9H,3-4,10-12,17H2,1-2H3. The molecule has 2 aromatic rings. The minimum atomic E-state index is -0.169. The predicted octanol–water partition coefficient (Wildman–Crippen LogP) is 2.87. The van der Waals surface area contributed by atoms with Crippen molar-refractivity contribution in [1.82, 2.24) is 10.1 Å². The van der Waals surface area contributed by atoms with Gasteiger partial charge in [0.15, 0.2) is 5.82 Å². The minimum absolute atomic E-state index is 0.169. The van der Waals surface area contributed by atoms with Crippen LogP contribution in [0.4, 0.5) is 0 Å². The Labute approximate surface area is 120 Å². The second-order valence-electron chi connectivity index (χ2n) is 5.19. The minimum Gasteiger partial charge on any atom is -0.339 e. The van der Waals surface area contributed by atoms with Gasteiger partial charge in [0.25, 0.3) is 0 Å². The van der Waals surface area contributed by atoms with Gasteiger partial charge in [0, 0.05) is 13.0 Å². The van der Waals surface area contributed by atoms with Crippen molar-refractivity contribution in [1.29, 1.82) is 0 Å². The van der Waals surface area contributed by atoms with Crippen molar-refractivity contribution >= 4 is 0 Å².